The number of rotatable bonds is 10. The van der Waals surface area contributed by atoms with Gasteiger partial charge in [0.15, 0.2) is 5.11 Å². The molecule has 0 fully saturated rings. The van der Waals surface area contributed by atoms with Crippen LogP contribution < -0.4 is 20.1 Å². The number of carbonyl (C=O) groups excluding carboxylic acids is 1. The van der Waals surface area contributed by atoms with Gasteiger partial charge in [-0.15, -0.1) is 0 Å². The molecule has 2 aromatic carbocycles. The van der Waals surface area contributed by atoms with Gasteiger partial charge in [-0.2, -0.15) is 0 Å². The highest BCUT2D eigenvalue weighted by Gasteiger charge is 2.09. The minimum absolute atomic E-state index is 0.233. The van der Waals surface area contributed by atoms with Crippen LogP contribution in [0, 0.1) is 11.8 Å². The lowest BCUT2D eigenvalue weighted by Gasteiger charge is -2.12. The molecule has 0 heterocycles. The highest BCUT2D eigenvalue weighted by atomic mass is 32.1. The van der Waals surface area contributed by atoms with E-state index in [0.29, 0.717) is 30.6 Å². The maximum absolute atomic E-state index is 12.4. The first-order chi connectivity index (χ1) is 14.3. The number of ether oxygens (including phenoxy) is 2. The average Bonchev–Trinajstić information content (AvgIpc) is 2.68. The predicted octanol–water partition coefficient (Wildman–Crippen LogP) is 5.66. The Balaban J connectivity index is 1.83. The third kappa shape index (κ3) is 8.82. The fourth-order valence-corrected chi connectivity index (χ4v) is 2.74. The summed E-state index contributed by atoms with van der Waals surface area (Å²) in [5.74, 6) is 2.43. The third-order valence-corrected chi connectivity index (χ3v) is 4.57. The zero-order chi connectivity index (χ0) is 21.9. The van der Waals surface area contributed by atoms with Crippen LogP contribution in [0.15, 0.2) is 48.5 Å². The minimum atomic E-state index is -0.273. The summed E-state index contributed by atoms with van der Waals surface area (Å²) in [5, 5.41) is 5.96. The molecule has 2 rings (SSSR count). The molecule has 5 nitrogen and oxygen atoms in total. The van der Waals surface area contributed by atoms with Gasteiger partial charge in [0.25, 0.3) is 5.91 Å². The quantitative estimate of drug-likeness (QED) is 0.478. The molecule has 2 N–H and O–H groups in total. The summed E-state index contributed by atoms with van der Waals surface area (Å²) in [7, 11) is 0. The van der Waals surface area contributed by atoms with Gasteiger partial charge in [0.1, 0.15) is 11.5 Å². The highest BCUT2D eigenvalue weighted by molar-refractivity contribution is 7.80. The van der Waals surface area contributed by atoms with Gasteiger partial charge < -0.3 is 14.8 Å². The van der Waals surface area contributed by atoms with Crippen molar-refractivity contribution in [3.63, 3.8) is 0 Å². The van der Waals surface area contributed by atoms with Gasteiger partial charge in [0.2, 0.25) is 0 Å². The molecule has 2 aromatic rings. The van der Waals surface area contributed by atoms with Gasteiger partial charge in [-0.3, -0.25) is 10.1 Å². The molecule has 1 amide bonds. The number of amides is 1. The number of nitrogens with one attached hydrogen (secondary N) is 2. The normalized spacial score (nSPS) is 10.7. The van der Waals surface area contributed by atoms with E-state index >= 15 is 0 Å². The molecule has 0 saturated carbocycles. The minimum Gasteiger partial charge on any atom is -0.494 e. The van der Waals surface area contributed by atoms with Gasteiger partial charge >= 0.3 is 0 Å². The van der Waals surface area contributed by atoms with Gasteiger partial charge in [-0.25, -0.2) is 0 Å². The Morgan fingerprint density at radius 3 is 2.10 bits per heavy atom. The lowest BCUT2D eigenvalue weighted by molar-refractivity contribution is 0.0977. The highest BCUT2D eigenvalue weighted by Crippen LogP contribution is 2.18. The van der Waals surface area contributed by atoms with Crippen molar-refractivity contribution in [3.8, 4) is 11.5 Å². The van der Waals surface area contributed by atoms with Crippen molar-refractivity contribution in [3.05, 3.63) is 54.1 Å². The summed E-state index contributed by atoms with van der Waals surface area (Å²) in [6, 6.07) is 14.6. The van der Waals surface area contributed by atoms with Crippen LogP contribution in [0.3, 0.4) is 0 Å². The first-order valence-electron chi connectivity index (χ1n) is 10.4. The summed E-state index contributed by atoms with van der Waals surface area (Å²) < 4.78 is 11.4. The van der Waals surface area contributed by atoms with E-state index in [-0.39, 0.29) is 11.0 Å². The van der Waals surface area contributed by atoms with E-state index in [2.05, 4.69) is 38.3 Å². The monoisotopic (exact) mass is 428 g/mol. The molecule has 0 bridgehead atoms. The van der Waals surface area contributed by atoms with Crippen LogP contribution in [0.2, 0.25) is 0 Å². The first-order valence-corrected chi connectivity index (χ1v) is 10.8. The van der Waals surface area contributed by atoms with E-state index in [1.54, 1.807) is 24.3 Å². The van der Waals surface area contributed by atoms with E-state index in [0.717, 1.165) is 30.0 Å². The van der Waals surface area contributed by atoms with E-state index in [1.165, 1.54) is 0 Å². The number of thiocarbonyl (C=S) groups is 1. The Morgan fingerprint density at radius 1 is 0.900 bits per heavy atom. The summed E-state index contributed by atoms with van der Waals surface area (Å²) >= 11 is 5.28. The summed E-state index contributed by atoms with van der Waals surface area (Å²) in [6.45, 7) is 9.97. The number of carbonyl (C=O) groups is 1. The van der Waals surface area contributed by atoms with E-state index in [4.69, 9.17) is 21.7 Å². The van der Waals surface area contributed by atoms with Crippen molar-refractivity contribution < 1.29 is 14.3 Å². The summed E-state index contributed by atoms with van der Waals surface area (Å²) in [4.78, 5) is 12.4. The zero-order valence-electron chi connectivity index (χ0n) is 18.2. The van der Waals surface area contributed by atoms with Crippen LogP contribution in [-0.4, -0.2) is 24.2 Å². The number of benzene rings is 2. The van der Waals surface area contributed by atoms with Crippen molar-refractivity contribution in [1.82, 2.24) is 5.32 Å². The van der Waals surface area contributed by atoms with Crippen LogP contribution in [-0.2, 0) is 0 Å². The Morgan fingerprint density at radius 2 is 1.50 bits per heavy atom. The molecule has 0 atom stereocenters. The van der Waals surface area contributed by atoms with Gasteiger partial charge in [-0.05, 0) is 73.3 Å². The van der Waals surface area contributed by atoms with Crippen LogP contribution in [0.1, 0.15) is 50.9 Å². The standard InChI is InChI=1S/C24H32N2O3S/c1-17(2)12-14-28-21-10-8-19(9-11-21)23(27)26-24(30)25-20-6-5-7-22(16-20)29-15-13-18(3)4/h5-11,16-18H,12-15H2,1-4H3,(H2,25,26,27,30). The molecule has 0 aliphatic carbocycles. The van der Waals surface area contributed by atoms with E-state index in [9.17, 15) is 4.79 Å². The lowest BCUT2D eigenvalue weighted by atomic mass is 10.1. The zero-order valence-corrected chi connectivity index (χ0v) is 19.1. The maximum Gasteiger partial charge on any atom is 0.257 e. The van der Waals surface area contributed by atoms with Gasteiger partial charge in [0.05, 0.1) is 13.2 Å². The van der Waals surface area contributed by atoms with E-state index in [1.807, 2.05) is 24.3 Å². The largest absolute Gasteiger partial charge is 0.494 e. The fraction of sp³-hybridized carbons (Fsp3) is 0.417. The second-order valence-corrected chi connectivity index (χ2v) is 8.43. The van der Waals surface area contributed by atoms with Crippen molar-refractivity contribution in [2.75, 3.05) is 18.5 Å². The summed E-state index contributed by atoms with van der Waals surface area (Å²) in [5.41, 5.74) is 1.28. The molecule has 0 spiro atoms. The molecule has 30 heavy (non-hydrogen) atoms. The fourth-order valence-electron chi connectivity index (χ4n) is 2.53. The van der Waals surface area contributed by atoms with Crippen molar-refractivity contribution >= 4 is 28.9 Å². The van der Waals surface area contributed by atoms with E-state index < -0.39 is 0 Å². The van der Waals surface area contributed by atoms with Crippen molar-refractivity contribution in [1.29, 1.82) is 0 Å². The number of hydrogen-bond donors (Lipinski definition) is 2. The van der Waals surface area contributed by atoms with Crippen molar-refractivity contribution in [2.24, 2.45) is 11.8 Å². The van der Waals surface area contributed by atoms with Crippen LogP contribution in [0.25, 0.3) is 0 Å². The molecular formula is C24H32N2O3S. The van der Waals surface area contributed by atoms with Crippen LogP contribution in [0.4, 0.5) is 5.69 Å². The van der Waals surface area contributed by atoms with Crippen LogP contribution >= 0.6 is 12.2 Å². The lowest BCUT2D eigenvalue weighted by Crippen LogP contribution is -2.34. The van der Waals surface area contributed by atoms with Gasteiger partial charge in [0, 0.05) is 17.3 Å². The maximum atomic E-state index is 12.4. The Kier molecular flexibility index (Phi) is 9.61. The van der Waals surface area contributed by atoms with Gasteiger partial charge in [-0.1, -0.05) is 33.8 Å². The predicted molar refractivity (Wildman–Crippen MR) is 126 cm³/mol. The first kappa shape index (κ1) is 23.7. The molecule has 162 valence electrons. The SMILES string of the molecule is CC(C)CCOc1ccc(C(=O)NC(=S)Nc2cccc(OCCC(C)C)c2)cc1. The smallest absolute Gasteiger partial charge is 0.257 e. The second kappa shape index (κ2) is 12.2. The molecule has 6 heteroatoms. The Labute approximate surface area is 185 Å². The molecule has 0 aromatic heterocycles. The second-order valence-electron chi connectivity index (χ2n) is 8.02. The molecule has 0 unspecified atom stereocenters. The number of hydrogen-bond acceptors (Lipinski definition) is 4. The topological polar surface area (TPSA) is 59.6 Å². The molecule has 0 aliphatic rings. The Hall–Kier alpha value is -2.60. The molecule has 0 radical (unpaired) electrons. The molecule has 0 aliphatic heterocycles. The average molecular weight is 429 g/mol. The Bertz CT molecular complexity index is 819. The number of anilines is 1. The molecule has 0 saturated heterocycles. The third-order valence-electron chi connectivity index (χ3n) is 4.36. The van der Waals surface area contributed by atoms with Crippen molar-refractivity contribution in [2.45, 2.75) is 40.5 Å². The van der Waals surface area contributed by atoms with Crippen LogP contribution in [0.5, 0.6) is 11.5 Å². The summed E-state index contributed by atoms with van der Waals surface area (Å²) in [6.07, 6.45) is 1.99. The molecular weight excluding hydrogens is 396 g/mol.